The third-order valence-corrected chi connectivity index (χ3v) is 5.88. The fourth-order valence-electron chi connectivity index (χ4n) is 4.31. The molecule has 0 saturated carbocycles. The van der Waals surface area contributed by atoms with Gasteiger partial charge in [-0.25, -0.2) is 9.78 Å². The Balaban J connectivity index is 1.91. The zero-order chi connectivity index (χ0) is 22.1. The molecule has 1 saturated heterocycles. The third kappa shape index (κ3) is 4.02. The van der Waals surface area contributed by atoms with E-state index in [1.54, 1.807) is 12.3 Å². The molecule has 1 aliphatic heterocycles. The number of piperidine rings is 1. The van der Waals surface area contributed by atoms with Crippen LogP contribution in [0.3, 0.4) is 0 Å². The number of nitrogens with two attached hydrogens (primary N) is 1. The first-order valence-corrected chi connectivity index (χ1v) is 10.9. The fourth-order valence-corrected chi connectivity index (χ4v) is 4.31. The van der Waals surface area contributed by atoms with E-state index in [2.05, 4.69) is 20.9 Å². The molecule has 6 heteroatoms. The van der Waals surface area contributed by atoms with Crippen LogP contribution >= 0.6 is 0 Å². The van der Waals surface area contributed by atoms with Gasteiger partial charge in [0.2, 0.25) is 0 Å². The van der Waals surface area contributed by atoms with E-state index in [0.29, 0.717) is 11.4 Å². The molecule has 4 rings (SSSR count). The Morgan fingerprint density at radius 3 is 2.58 bits per heavy atom. The van der Waals surface area contributed by atoms with Gasteiger partial charge >= 0.3 is 5.97 Å². The van der Waals surface area contributed by atoms with Crippen molar-refractivity contribution in [3.05, 3.63) is 60.1 Å². The summed E-state index contributed by atoms with van der Waals surface area (Å²) in [6.07, 6.45) is 7.17. The Kier molecular flexibility index (Phi) is 5.72. The van der Waals surface area contributed by atoms with Gasteiger partial charge in [-0.1, -0.05) is 6.58 Å². The van der Waals surface area contributed by atoms with Crippen LogP contribution in [0, 0.1) is 6.92 Å². The molecule has 6 nitrogen and oxygen atoms in total. The van der Waals surface area contributed by atoms with E-state index in [4.69, 9.17) is 10.5 Å². The van der Waals surface area contributed by atoms with Crippen molar-refractivity contribution in [3.8, 4) is 11.1 Å². The Hall–Kier alpha value is -3.28. The zero-order valence-corrected chi connectivity index (χ0v) is 18.5. The van der Waals surface area contributed by atoms with Gasteiger partial charge in [-0.05, 0) is 69.9 Å². The number of anilines is 1. The summed E-state index contributed by atoms with van der Waals surface area (Å²) in [4.78, 5) is 19.5. The van der Waals surface area contributed by atoms with Crippen LogP contribution in [0.25, 0.3) is 22.3 Å². The molecule has 4 heterocycles. The van der Waals surface area contributed by atoms with Crippen LogP contribution in [0.4, 0.5) is 5.82 Å². The van der Waals surface area contributed by atoms with E-state index in [1.165, 1.54) is 6.42 Å². The maximum Gasteiger partial charge on any atom is 0.338 e. The van der Waals surface area contributed by atoms with Crippen LogP contribution in [0.1, 0.15) is 54.7 Å². The number of esters is 1. The molecule has 0 bridgehead atoms. The second-order valence-corrected chi connectivity index (χ2v) is 8.44. The number of hydrogen-bond acceptors (Lipinski definition) is 5. The van der Waals surface area contributed by atoms with E-state index in [9.17, 15) is 4.79 Å². The zero-order valence-electron chi connectivity index (χ0n) is 18.5. The van der Waals surface area contributed by atoms with Gasteiger partial charge in [0.05, 0.1) is 28.6 Å². The Morgan fingerprint density at radius 2 is 1.94 bits per heavy atom. The van der Waals surface area contributed by atoms with E-state index in [0.717, 1.165) is 59.5 Å². The lowest BCUT2D eigenvalue weighted by molar-refractivity contribution is 0.0377. The highest BCUT2D eigenvalue weighted by molar-refractivity contribution is 5.96. The van der Waals surface area contributed by atoms with Gasteiger partial charge in [0, 0.05) is 36.6 Å². The fraction of sp³-hybridized carbons (Fsp3) is 0.360. The number of fused-ring (bicyclic) bond motifs is 1. The predicted octanol–water partition coefficient (Wildman–Crippen LogP) is 4.91. The number of carbonyl (C=O) groups is 1. The number of ether oxygens (including phenoxy) is 1. The van der Waals surface area contributed by atoms with Crippen molar-refractivity contribution < 1.29 is 9.53 Å². The van der Waals surface area contributed by atoms with Crippen LogP contribution in [-0.4, -0.2) is 39.4 Å². The van der Waals surface area contributed by atoms with Crippen molar-refractivity contribution >= 4 is 23.0 Å². The van der Waals surface area contributed by atoms with Gasteiger partial charge in [-0.15, -0.1) is 0 Å². The first-order chi connectivity index (χ1) is 14.9. The van der Waals surface area contributed by atoms with Crippen molar-refractivity contribution in [1.82, 2.24) is 14.3 Å². The summed E-state index contributed by atoms with van der Waals surface area (Å²) in [7, 11) is 0. The minimum atomic E-state index is -0.315. The van der Waals surface area contributed by atoms with Gasteiger partial charge in [-0.2, -0.15) is 0 Å². The van der Waals surface area contributed by atoms with Crippen molar-refractivity contribution in [1.29, 1.82) is 0 Å². The molecule has 3 aromatic rings. The highest BCUT2D eigenvalue weighted by Crippen LogP contribution is 2.33. The molecular weight excluding hydrogens is 388 g/mol. The average molecular weight is 419 g/mol. The second-order valence-electron chi connectivity index (χ2n) is 8.44. The highest BCUT2D eigenvalue weighted by atomic mass is 16.5. The topological polar surface area (TPSA) is 72.9 Å². The summed E-state index contributed by atoms with van der Waals surface area (Å²) in [6, 6.07) is 7.70. The molecule has 0 spiro atoms. The van der Waals surface area contributed by atoms with Crippen molar-refractivity contribution in [2.24, 2.45) is 0 Å². The molecule has 0 amide bonds. The largest absolute Gasteiger partial charge is 0.459 e. The maximum absolute atomic E-state index is 13.0. The lowest BCUT2D eigenvalue weighted by Gasteiger charge is -2.32. The van der Waals surface area contributed by atoms with E-state index < -0.39 is 0 Å². The number of nitrogen functional groups attached to an aromatic ring is 1. The van der Waals surface area contributed by atoms with Crippen molar-refractivity contribution in [3.63, 3.8) is 0 Å². The molecule has 1 fully saturated rings. The number of hydrogen-bond donors (Lipinski definition) is 1. The molecule has 2 N–H and O–H groups in total. The number of aromatic nitrogens is 2. The monoisotopic (exact) mass is 418 g/mol. The molecule has 31 heavy (non-hydrogen) atoms. The quantitative estimate of drug-likeness (QED) is 0.596. The summed E-state index contributed by atoms with van der Waals surface area (Å²) in [5.74, 6) is 0.161. The molecule has 0 aromatic carbocycles. The highest BCUT2D eigenvalue weighted by Gasteiger charge is 2.24. The van der Waals surface area contributed by atoms with Gasteiger partial charge < -0.3 is 19.8 Å². The molecule has 3 aromatic heterocycles. The lowest BCUT2D eigenvalue weighted by Crippen LogP contribution is -2.29. The van der Waals surface area contributed by atoms with Crippen LogP contribution in [0.5, 0.6) is 0 Å². The van der Waals surface area contributed by atoms with E-state index >= 15 is 0 Å². The van der Waals surface area contributed by atoms with Crippen molar-refractivity contribution in [2.45, 2.75) is 46.1 Å². The minimum absolute atomic E-state index is 0.190. The van der Waals surface area contributed by atoms with E-state index in [-0.39, 0.29) is 12.1 Å². The maximum atomic E-state index is 13.0. The number of pyridine rings is 2. The summed E-state index contributed by atoms with van der Waals surface area (Å²) in [5, 5.41) is 0. The SMILES string of the molecule is C=C(c1c(C)c(C(=O)OC(C)C)cc2c(-c3ccc(N)nc3)ccn12)N1CCCCC1. The third-order valence-electron chi connectivity index (χ3n) is 5.88. The van der Waals surface area contributed by atoms with Crippen LogP contribution in [0.2, 0.25) is 0 Å². The Morgan fingerprint density at radius 1 is 1.19 bits per heavy atom. The summed E-state index contributed by atoms with van der Waals surface area (Å²) >= 11 is 0. The lowest BCUT2D eigenvalue weighted by atomic mass is 10.0. The molecule has 162 valence electrons. The number of nitrogens with zero attached hydrogens (tertiary/aromatic N) is 3. The van der Waals surface area contributed by atoms with Crippen LogP contribution in [0.15, 0.2) is 43.2 Å². The van der Waals surface area contributed by atoms with Crippen molar-refractivity contribution in [2.75, 3.05) is 18.8 Å². The molecule has 0 radical (unpaired) electrons. The molecule has 0 aliphatic carbocycles. The first-order valence-electron chi connectivity index (χ1n) is 10.9. The number of likely N-dealkylation sites (tertiary alicyclic amines) is 1. The van der Waals surface area contributed by atoms with E-state index in [1.807, 2.05) is 45.2 Å². The number of carbonyl (C=O) groups excluding carboxylic acids is 1. The minimum Gasteiger partial charge on any atom is -0.459 e. The summed E-state index contributed by atoms with van der Waals surface area (Å²) in [5.41, 5.74) is 12.0. The van der Waals surface area contributed by atoms with Crippen LogP contribution in [-0.2, 0) is 4.74 Å². The van der Waals surface area contributed by atoms with Gasteiger partial charge in [-0.3, -0.25) is 0 Å². The van der Waals surface area contributed by atoms with Gasteiger partial charge in [0.15, 0.2) is 0 Å². The summed E-state index contributed by atoms with van der Waals surface area (Å²) in [6.45, 7) is 12.1. The normalized spacial score (nSPS) is 14.3. The smallest absolute Gasteiger partial charge is 0.338 e. The average Bonchev–Trinajstić information content (AvgIpc) is 3.17. The number of rotatable bonds is 5. The van der Waals surface area contributed by atoms with Gasteiger partial charge in [0.25, 0.3) is 0 Å². The second kappa shape index (κ2) is 8.46. The molecular formula is C25H30N4O2. The Bertz CT molecular complexity index is 1120. The summed E-state index contributed by atoms with van der Waals surface area (Å²) < 4.78 is 7.69. The van der Waals surface area contributed by atoms with Crippen LogP contribution < -0.4 is 5.73 Å². The molecule has 0 unspecified atom stereocenters. The van der Waals surface area contributed by atoms with Gasteiger partial charge in [0.1, 0.15) is 5.82 Å². The molecule has 0 atom stereocenters. The first kappa shape index (κ1) is 21.0. The molecule has 1 aliphatic rings. The standard InChI is InChI=1S/C25H30N4O2/c1-16(2)31-25(30)21-14-22-20(19-8-9-23(26)27-15-19)10-13-29(22)24(17(21)3)18(4)28-11-6-5-7-12-28/h8-10,13-16H,4-7,11-12H2,1-3H3,(H2,26,27). The Labute approximate surface area is 183 Å². The predicted molar refractivity (Wildman–Crippen MR) is 125 cm³/mol.